The van der Waals surface area contributed by atoms with E-state index in [0.29, 0.717) is 0 Å². The van der Waals surface area contributed by atoms with Crippen LogP contribution in [0.2, 0.25) is 0 Å². The molecule has 4 rings (SSSR count). The topological polar surface area (TPSA) is 44.8 Å². The van der Waals surface area contributed by atoms with Crippen LogP contribution in [0.5, 0.6) is 5.75 Å². The van der Waals surface area contributed by atoms with Gasteiger partial charge in [-0.2, -0.15) is 0 Å². The minimum Gasteiger partial charge on any atom is -0.496 e. The van der Waals surface area contributed by atoms with Crippen molar-refractivity contribution in [1.82, 2.24) is 10.2 Å². The SMILES string of the molecule is COc1ccccc1C1(C(=O)NCCCN2CCN(c3ccccc3)CC2)CC1. The summed E-state index contributed by atoms with van der Waals surface area (Å²) in [5.41, 5.74) is 1.95. The number of ether oxygens (including phenoxy) is 1. The molecule has 29 heavy (non-hydrogen) atoms. The van der Waals surface area contributed by atoms with E-state index in [1.165, 1.54) is 5.69 Å². The normalized spacial score (nSPS) is 18.3. The molecule has 2 aromatic rings. The summed E-state index contributed by atoms with van der Waals surface area (Å²) in [5.74, 6) is 0.965. The fourth-order valence-corrected chi connectivity index (χ4v) is 4.33. The highest BCUT2D eigenvalue weighted by atomic mass is 16.5. The third-order valence-electron chi connectivity index (χ3n) is 6.24. The van der Waals surface area contributed by atoms with Gasteiger partial charge in [0, 0.05) is 44.0 Å². The molecule has 2 aliphatic rings. The van der Waals surface area contributed by atoms with Gasteiger partial charge in [-0.05, 0) is 44.0 Å². The van der Waals surface area contributed by atoms with Crippen molar-refractivity contribution in [3.8, 4) is 5.75 Å². The number of amides is 1. The van der Waals surface area contributed by atoms with Crippen LogP contribution in [0.1, 0.15) is 24.8 Å². The van der Waals surface area contributed by atoms with Gasteiger partial charge in [-0.3, -0.25) is 9.69 Å². The Labute approximate surface area is 173 Å². The van der Waals surface area contributed by atoms with E-state index < -0.39 is 0 Å². The van der Waals surface area contributed by atoms with Gasteiger partial charge in [0.05, 0.1) is 12.5 Å². The number of benzene rings is 2. The number of anilines is 1. The maximum absolute atomic E-state index is 12.9. The molecule has 0 bridgehead atoms. The van der Waals surface area contributed by atoms with Crippen molar-refractivity contribution in [2.45, 2.75) is 24.7 Å². The number of hydrogen-bond acceptors (Lipinski definition) is 4. The molecule has 1 amide bonds. The largest absolute Gasteiger partial charge is 0.496 e. The Morgan fingerprint density at radius 2 is 1.69 bits per heavy atom. The van der Waals surface area contributed by atoms with Gasteiger partial charge in [0.1, 0.15) is 5.75 Å². The quantitative estimate of drug-likeness (QED) is 0.700. The molecule has 1 aliphatic carbocycles. The number of carbonyl (C=O) groups excluding carboxylic acids is 1. The summed E-state index contributed by atoms with van der Waals surface area (Å²) in [7, 11) is 1.67. The van der Waals surface area contributed by atoms with Gasteiger partial charge >= 0.3 is 0 Å². The molecule has 1 saturated carbocycles. The molecule has 0 aromatic heterocycles. The zero-order chi connectivity index (χ0) is 20.1. The molecule has 1 aliphatic heterocycles. The second-order valence-electron chi connectivity index (χ2n) is 8.06. The zero-order valence-electron chi connectivity index (χ0n) is 17.3. The summed E-state index contributed by atoms with van der Waals surface area (Å²) in [5, 5.41) is 3.18. The van der Waals surface area contributed by atoms with E-state index >= 15 is 0 Å². The van der Waals surface area contributed by atoms with E-state index in [1.807, 2.05) is 24.3 Å². The second-order valence-corrected chi connectivity index (χ2v) is 8.06. The maximum atomic E-state index is 12.9. The summed E-state index contributed by atoms with van der Waals surface area (Å²) in [6.07, 6.45) is 2.79. The molecule has 1 saturated heterocycles. The lowest BCUT2D eigenvalue weighted by molar-refractivity contribution is -0.123. The van der Waals surface area contributed by atoms with Crippen LogP contribution >= 0.6 is 0 Å². The Bertz CT molecular complexity index is 812. The molecule has 5 nitrogen and oxygen atoms in total. The minimum absolute atomic E-state index is 0.149. The first-order valence-electron chi connectivity index (χ1n) is 10.7. The fraction of sp³-hybridized carbons (Fsp3) is 0.458. The van der Waals surface area contributed by atoms with Gasteiger partial charge in [-0.1, -0.05) is 36.4 Å². The summed E-state index contributed by atoms with van der Waals surface area (Å²) in [6.45, 7) is 6.04. The Kier molecular flexibility index (Phi) is 6.05. The van der Waals surface area contributed by atoms with Gasteiger partial charge in [0.25, 0.3) is 0 Å². The first kappa shape index (κ1) is 19.8. The monoisotopic (exact) mass is 393 g/mol. The molecule has 2 fully saturated rings. The number of para-hydroxylation sites is 2. The lowest BCUT2D eigenvalue weighted by Gasteiger charge is -2.36. The average molecular weight is 394 g/mol. The molecule has 154 valence electrons. The van der Waals surface area contributed by atoms with Crippen LogP contribution in [0.15, 0.2) is 54.6 Å². The summed E-state index contributed by atoms with van der Waals surface area (Å²) >= 11 is 0. The number of piperazine rings is 1. The number of hydrogen-bond donors (Lipinski definition) is 1. The van der Waals surface area contributed by atoms with Crippen molar-refractivity contribution in [3.05, 3.63) is 60.2 Å². The van der Waals surface area contributed by atoms with E-state index in [4.69, 9.17) is 4.74 Å². The number of rotatable bonds is 8. The number of nitrogens with zero attached hydrogens (tertiary/aromatic N) is 2. The number of carbonyl (C=O) groups is 1. The van der Waals surface area contributed by atoms with Crippen molar-refractivity contribution in [3.63, 3.8) is 0 Å². The molecule has 0 atom stereocenters. The molecule has 2 aromatic carbocycles. The zero-order valence-corrected chi connectivity index (χ0v) is 17.3. The van der Waals surface area contributed by atoms with E-state index in [-0.39, 0.29) is 11.3 Å². The molecular weight excluding hydrogens is 362 g/mol. The van der Waals surface area contributed by atoms with Crippen LogP contribution in [0.3, 0.4) is 0 Å². The van der Waals surface area contributed by atoms with Gasteiger partial charge in [0.2, 0.25) is 5.91 Å². The predicted octanol–water partition coefficient (Wildman–Crippen LogP) is 3.06. The highest BCUT2D eigenvalue weighted by Gasteiger charge is 2.52. The van der Waals surface area contributed by atoms with Crippen LogP contribution in [0.4, 0.5) is 5.69 Å². The standard InChI is InChI=1S/C24H31N3O2/c1-29-22-11-6-5-10-21(22)24(12-13-24)23(28)25-14-7-15-26-16-18-27(19-17-26)20-8-3-2-4-9-20/h2-6,8-11H,7,12-19H2,1H3,(H,25,28). The first-order valence-corrected chi connectivity index (χ1v) is 10.7. The highest BCUT2D eigenvalue weighted by Crippen LogP contribution is 2.51. The van der Waals surface area contributed by atoms with Gasteiger partial charge < -0.3 is 15.0 Å². The number of nitrogens with one attached hydrogen (secondary N) is 1. The molecule has 0 spiro atoms. The van der Waals surface area contributed by atoms with E-state index in [1.54, 1.807) is 7.11 Å². The Morgan fingerprint density at radius 1 is 1.00 bits per heavy atom. The third kappa shape index (κ3) is 4.40. The van der Waals surface area contributed by atoms with Crippen LogP contribution in [0.25, 0.3) is 0 Å². The van der Waals surface area contributed by atoms with Gasteiger partial charge in [-0.15, -0.1) is 0 Å². The average Bonchev–Trinajstić information content (AvgIpc) is 3.59. The third-order valence-corrected chi connectivity index (χ3v) is 6.24. The van der Waals surface area contributed by atoms with Crippen molar-refractivity contribution in [2.24, 2.45) is 0 Å². The Balaban J connectivity index is 1.20. The summed E-state index contributed by atoms with van der Waals surface area (Å²) in [4.78, 5) is 17.8. The van der Waals surface area contributed by atoms with Crippen LogP contribution in [-0.4, -0.2) is 57.2 Å². The summed E-state index contributed by atoms with van der Waals surface area (Å²) < 4.78 is 5.48. The Morgan fingerprint density at radius 3 is 2.38 bits per heavy atom. The van der Waals surface area contributed by atoms with Crippen LogP contribution in [-0.2, 0) is 10.2 Å². The second kappa shape index (κ2) is 8.87. The van der Waals surface area contributed by atoms with Gasteiger partial charge in [-0.25, -0.2) is 0 Å². The van der Waals surface area contributed by atoms with E-state index in [0.717, 1.165) is 69.8 Å². The molecular formula is C24H31N3O2. The van der Waals surface area contributed by atoms with Crippen molar-refractivity contribution in [1.29, 1.82) is 0 Å². The van der Waals surface area contributed by atoms with Crippen molar-refractivity contribution >= 4 is 11.6 Å². The maximum Gasteiger partial charge on any atom is 0.230 e. The molecule has 1 heterocycles. The molecule has 0 radical (unpaired) electrons. The summed E-state index contributed by atoms with van der Waals surface area (Å²) in [6, 6.07) is 18.5. The molecule has 0 unspecified atom stereocenters. The lowest BCUT2D eigenvalue weighted by atomic mass is 9.94. The molecule has 5 heteroatoms. The van der Waals surface area contributed by atoms with E-state index in [9.17, 15) is 4.79 Å². The highest BCUT2D eigenvalue weighted by molar-refractivity contribution is 5.92. The Hall–Kier alpha value is -2.53. The fourth-order valence-electron chi connectivity index (χ4n) is 4.33. The van der Waals surface area contributed by atoms with Crippen LogP contribution < -0.4 is 15.0 Å². The van der Waals surface area contributed by atoms with Crippen LogP contribution in [0, 0.1) is 0 Å². The predicted molar refractivity (Wildman–Crippen MR) is 117 cm³/mol. The molecule has 1 N–H and O–H groups in total. The van der Waals surface area contributed by atoms with E-state index in [2.05, 4.69) is 45.4 Å². The van der Waals surface area contributed by atoms with Crippen molar-refractivity contribution in [2.75, 3.05) is 51.3 Å². The van der Waals surface area contributed by atoms with Gasteiger partial charge in [0.15, 0.2) is 0 Å². The smallest absolute Gasteiger partial charge is 0.230 e. The van der Waals surface area contributed by atoms with Crippen molar-refractivity contribution < 1.29 is 9.53 Å². The number of methoxy groups -OCH3 is 1. The lowest BCUT2D eigenvalue weighted by Crippen LogP contribution is -2.47. The first-order chi connectivity index (χ1) is 14.2. The minimum atomic E-state index is -0.381.